The molecule has 1 aliphatic carbocycles. The summed E-state index contributed by atoms with van der Waals surface area (Å²) < 4.78 is 0. The van der Waals surface area contributed by atoms with Crippen molar-refractivity contribution in [1.29, 1.82) is 0 Å². The van der Waals surface area contributed by atoms with Gasteiger partial charge in [-0.3, -0.25) is 5.43 Å². The van der Waals surface area contributed by atoms with E-state index in [0.29, 0.717) is 5.92 Å². The highest BCUT2D eigenvalue weighted by molar-refractivity contribution is 5.25. The van der Waals surface area contributed by atoms with Gasteiger partial charge in [-0.25, -0.2) is 5.43 Å². The SMILES string of the molecule is C=C/C=C(\C=C)C(N)NNCC1C=CC=C1. The molecule has 0 aromatic heterocycles. The predicted octanol–water partition coefficient (Wildman–Crippen LogP) is 1.41. The zero-order chi connectivity index (χ0) is 11.8. The minimum atomic E-state index is -0.273. The molecule has 1 unspecified atom stereocenters. The average Bonchev–Trinajstić information content (AvgIpc) is 2.78. The Morgan fingerprint density at radius 2 is 2.06 bits per heavy atom. The number of rotatable bonds is 7. The van der Waals surface area contributed by atoms with E-state index in [0.717, 1.165) is 12.1 Å². The Labute approximate surface area is 97.1 Å². The number of nitrogens with two attached hydrogens (primary N) is 1. The lowest BCUT2D eigenvalue weighted by Crippen LogP contribution is -2.48. The lowest BCUT2D eigenvalue weighted by atomic mass is 10.2. The predicted molar refractivity (Wildman–Crippen MR) is 69.4 cm³/mol. The number of hydrogen-bond acceptors (Lipinski definition) is 3. The number of nitrogens with one attached hydrogen (secondary N) is 2. The Kier molecular flexibility index (Phi) is 5.50. The molecule has 1 rings (SSSR count). The van der Waals surface area contributed by atoms with Gasteiger partial charge in [0.1, 0.15) is 0 Å². The van der Waals surface area contributed by atoms with Gasteiger partial charge >= 0.3 is 0 Å². The molecule has 4 N–H and O–H groups in total. The molecule has 16 heavy (non-hydrogen) atoms. The largest absolute Gasteiger partial charge is 0.311 e. The highest BCUT2D eigenvalue weighted by Gasteiger charge is 2.06. The number of hydrogen-bond donors (Lipinski definition) is 3. The van der Waals surface area contributed by atoms with Crippen molar-refractivity contribution in [3.05, 3.63) is 61.3 Å². The zero-order valence-electron chi connectivity index (χ0n) is 9.39. The van der Waals surface area contributed by atoms with E-state index in [-0.39, 0.29) is 6.17 Å². The second-order valence-corrected chi connectivity index (χ2v) is 3.54. The molecule has 0 saturated heterocycles. The molecule has 0 spiro atoms. The molecule has 0 bridgehead atoms. The third-order valence-electron chi connectivity index (χ3n) is 2.33. The highest BCUT2D eigenvalue weighted by Crippen LogP contribution is 2.06. The lowest BCUT2D eigenvalue weighted by molar-refractivity contribution is 0.463. The lowest BCUT2D eigenvalue weighted by Gasteiger charge is -2.16. The monoisotopic (exact) mass is 217 g/mol. The third kappa shape index (κ3) is 3.98. The van der Waals surface area contributed by atoms with Crippen LogP contribution in [0.25, 0.3) is 0 Å². The summed E-state index contributed by atoms with van der Waals surface area (Å²) >= 11 is 0. The van der Waals surface area contributed by atoms with E-state index < -0.39 is 0 Å². The van der Waals surface area contributed by atoms with Gasteiger partial charge in [0.2, 0.25) is 0 Å². The molecule has 0 aliphatic heterocycles. The maximum Gasteiger partial charge on any atom is 0.0938 e. The molecule has 1 atom stereocenters. The van der Waals surface area contributed by atoms with Crippen LogP contribution < -0.4 is 16.6 Å². The van der Waals surface area contributed by atoms with Crippen LogP contribution in [0.4, 0.5) is 0 Å². The van der Waals surface area contributed by atoms with Crippen LogP contribution in [-0.4, -0.2) is 12.7 Å². The summed E-state index contributed by atoms with van der Waals surface area (Å²) in [7, 11) is 0. The normalized spacial score (nSPS) is 17.7. The van der Waals surface area contributed by atoms with Gasteiger partial charge in [-0.2, -0.15) is 0 Å². The summed E-state index contributed by atoms with van der Waals surface area (Å²) in [6.07, 6.45) is 13.3. The molecular formula is C13H19N3. The molecule has 0 heterocycles. The Morgan fingerprint density at radius 3 is 2.62 bits per heavy atom. The molecule has 0 aromatic carbocycles. The van der Waals surface area contributed by atoms with Crippen LogP contribution >= 0.6 is 0 Å². The van der Waals surface area contributed by atoms with E-state index in [4.69, 9.17) is 5.73 Å². The maximum atomic E-state index is 5.90. The fourth-order valence-corrected chi connectivity index (χ4v) is 1.42. The molecule has 1 aliphatic rings. The van der Waals surface area contributed by atoms with Crippen LogP contribution in [0.3, 0.4) is 0 Å². The molecule has 3 heteroatoms. The maximum absolute atomic E-state index is 5.90. The van der Waals surface area contributed by atoms with E-state index in [1.165, 1.54) is 0 Å². The minimum Gasteiger partial charge on any atom is -0.311 e. The third-order valence-corrected chi connectivity index (χ3v) is 2.33. The summed E-state index contributed by atoms with van der Waals surface area (Å²) in [6, 6.07) is 0. The molecule has 0 radical (unpaired) electrons. The van der Waals surface area contributed by atoms with Gasteiger partial charge in [0.25, 0.3) is 0 Å². The van der Waals surface area contributed by atoms with Crippen molar-refractivity contribution in [3.8, 4) is 0 Å². The second-order valence-electron chi connectivity index (χ2n) is 3.54. The first-order valence-corrected chi connectivity index (χ1v) is 5.32. The summed E-state index contributed by atoms with van der Waals surface area (Å²) in [5, 5.41) is 0. The van der Waals surface area contributed by atoms with Crippen LogP contribution in [0.15, 0.2) is 61.3 Å². The topological polar surface area (TPSA) is 50.1 Å². The van der Waals surface area contributed by atoms with Crippen molar-refractivity contribution in [1.82, 2.24) is 10.9 Å². The van der Waals surface area contributed by atoms with Crippen molar-refractivity contribution < 1.29 is 0 Å². The van der Waals surface area contributed by atoms with Crippen LogP contribution in [-0.2, 0) is 0 Å². The van der Waals surface area contributed by atoms with E-state index in [1.54, 1.807) is 12.2 Å². The molecule has 86 valence electrons. The van der Waals surface area contributed by atoms with Crippen molar-refractivity contribution in [2.45, 2.75) is 6.17 Å². The fraction of sp³-hybridized carbons (Fsp3) is 0.231. The van der Waals surface area contributed by atoms with Crippen LogP contribution in [0.2, 0.25) is 0 Å². The van der Waals surface area contributed by atoms with Gasteiger partial charge in [0.15, 0.2) is 0 Å². The molecule has 0 amide bonds. The van der Waals surface area contributed by atoms with Crippen LogP contribution in [0.5, 0.6) is 0 Å². The Morgan fingerprint density at radius 1 is 1.38 bits per heavy atom. The highest BCUT2D eigenvalue weighted by atomic mass is 15.4. The minimum absolute atomic E-state index is 0.273. The molecule has 0 saturated carbocycles. The molecule has 0 aromatic rings. The second kappa shape index (κ2) is 6.95. The van der Waals surface area contributed by atoms with Gasteiger partial charge in [-0.05, 0) is 5.57 Å². The fourth-order valence-electron chi connectivity index (χ4n) is 1.42. The van der Waals surface area contributed by atoms with Gasteiger partial charge in [0, 0.05) is 12.5 Å². The smallest absolute Gasteiger partial charge is 0.0938 e. The Hall–Kier alpha value is -1.42. The molecule has 0 fully saturated rings. The summed E-state index contributed by atoms with van der Waals surface area (Å²) in [4.78, 5) is 0. The first-order valence-electron chi connectivity index (χ1n) is 5.32. The molecule has 3 nitrogen and oxygen atoms in total. The van der Waals surface area contributed by atoms with Gasteiger partial charge in [-0.1, -0.05) is 55.7 Å². The summed E-state index contributed by atoms with van der Waals surface area (Å²) in [5.41, 5.74) is 12.9. The van der Waals surface area contributed by atoms with Crippen LogP contribution in [0, 0.1) is 5.92 Å². The van der Waals surface area contributed by atoms with E-state index in [9.17, 15) is 0 Å². The van der Waals surface area contributed by atoms with Gasteiger partial charge < -0.3 is 5.73 Å². The van der Waals surface area contributed by atoms with Crippen molar-refractivity contribution in [3.63, 3.8) is 0 Å². The van der Waals surface area contributed by atoms with Gasteiger partial charge in [0.05, 0.1) is 6.17 Å². The quantitative estimate of drug-likeness (QED) is 0.343. The van der Waals surface area contributed by atoms with E-state index >= 15 is 0 Å². The summed E-state index contributed by atoms with van der Waals surface area (Å²) in [5.74, 6) is 0.440. The summed E-state index contributed by atoms with van der Waals surface area (Å²) in [6.45, 7) is 8.15. The number of allylic oxidation sites excluding steroid dienone is 4. The van der Waals surface area contributed by atoms with E-state index in [2.05, 4.69) is 36.2 Å². The first-order chi connectivity index (χ1) is 7.77. The Bertz CT molecular complexity index is 314. The van der Waals surface area contributed by atoms with Crippen molar-refractivity contribution in [2.75, 3.05) is 6.54 Å². The van der Waals surface area contributed by atoms with Crippen molar-refractivity contribution >= 4 is 0 Å². The van der Waals surface area contributed by atoms with Gasteiger partial charge in [-0.15, -0.1) is 0 Å². The first kappa shape index (κ1) is 12.6. The zero-order valence-corrected chi connectivity index (χ0v) is 9.39. The standard InChI is InChI=1S/C13H19N3/c1-3-7-12(4-2)13(14)16-15-10-11-8-5-6-9-11/h3-9,11,13,15-16H,1-2,10,14H2/b12-7+. The Balaban J connectivity index is 2.28. The van der Waals surface area contributed by atoms with E-state index in [1.807, 2.05) is 18.2 Å². The number of hydrazine groups is 1. The average molecular weight is 217 g/mol. The van der Waals surface area contributed by atoms with Crippen LogP contribution in [0.1, 0.15) is 0 Å². The van der Waals surface area contributed by atoms with Crippen molar-refractivity contribution in [2.24, 2.45) is 11.7 Å². The molecular weight excluding hydrogens is 198 g/mol.